The topological polar surface area (TPSA) is 49.5 Å². The lowest BCUT2D eigenvalue weighted by Gasteiger charge is -2.26. The zero-order chi connectivity index (χ0) is 11.0. The summed E-state index contributed by atoms with van der Waals surface area (Å²) in [7, 11) is 1.98. The van der Waals surface area contributed by atoms with E-state index in [1.165, 1.54) is 5.56 Å². The van der Waals surface area contributed by atoms with E-state index in [1.807, 2.05) is 25.2 Å². The number of aliphatic hydroxyl groups excluding tert-OH is 1. The van der Waals surface area contributed by atoms with Gasteiger partial charge in [0.05, 0.1) is 12.1 Å². The first kappa shape index (κ1) is 10.7. The molecule has 0 fully saturated rings. The number of fused-ring (bicyclic) bond motifs is 1. The number of anilines is 1. The van der Waals surface area contributed by atoms with Crippen molar-refractivity contribution in [3.63, 3.8) is 0 Å². The van der Waals surface area contributed by atoms with Crippen molar-refractivity contribution in [2.24, 2.45) is 5.73 Å². The van der Waals surface area contributed by atoms with Crippen LogP contribution in [0.1, 0.15) is 5.56 Å². The van der Waals surface area contributed by atoms with Crippen molar-refractivity contribution in [2.45, 2.75) is 18.6 Å². The third kappa shape index (κ3) is 1.83. The summed E-state index contributed by atoms with van der Waals surface area (Å²) in [4.78, 5) is 2.07. The Hall–Kier alpha value is -0.770. The fourth-order valence-corrected chi connectivity index (χ4v) is 2.35. The summed E-state index contributed by atoms with van der Waals surface area (Å²) in [5.74, 6) is 0. The third-order valence-electron chi connectivity index (χ3n) is 3.03. The molecule has 0 amide bonds. The third-order valence-corrected chi connectivity index (χ3v) is 3.27. The van der Waals surface area contributed by atoms with Gasteiger partial charge in [0.15, 0.2) is 0 Å². The van der Waals surface area contributed by atoms with Gasteiger partial charge in [0.2, 0.25) is 0 Å². The number of aliphatic hydroxyl groups is 1. The molecule has 1 heterocycles. The maximum absolute atomic E-state index is 9.77. The summed E-state index contributed by atoms with van der Waals surface area (Å²) in [5, 5.41) is 10.5. The number of nitrogens with zero attached hydrogens (tertiary/aromatic N) is 1. The monoisotopic (exact) mass is 226 g/mol. The molecule has 0 bridgehead atoms. The first-order valence-electron chi connectivity index (χ1n) is 5.03. The van der Waals surface area contributed by atoms with E-state index in [4.69, 9.17) is 17.3 Å². The normalized spacial score (nSPS) is 21.6. The average molecular weight is 227 g/mol. The zero-order valence-corrected chi connectivity index (χ0v) is 9.41. The van der Waals surface area contributed by atoms with Crippen molar-refractivity contribution < 1.29 is 5.11 Å². The van der Waals surface area contributed by atoms with Crippen LogP contribution < -0.4 is 10.6 Å². The van der Waals surface area contributed by atoms with E-state index in [1.54, 1.807) is 0 Å². The SMILES string of the molecule is CN1c2ccc(Cl)cc2CC1C(O)CN. The van der Waals surface area contributed by atoms with Crippen LogP contribution >= 0.6 is 11.6 Å². The minimum atomic E-state index is -0.485. The van der Waals surface area contributed by atoms with Gasteiger partial charge in [-0.15, -0.1) is 0 Å². The number of likely N-dealkylation sites (N-methyl/N-ethyl adjacent to an activating group) is 1. The Balaban J connectivity index is 2.28. The van der Waals surface area contributed by atoms with Gasteiger partial charge in [0, 0.05) is 24.3 Å². The predicted octanol–water partition coefficient (Wildman–Crippen LogP) is 1.02. The molecule has 3 N–H and O–H groups in total. The molecule has 0 aromatic heterocycles. The summed E-state index contributed by atoms with van der Waals surface area (Å²) in [5.41, 5.74) is 7.80. The van der Waals surface area contributed by atoms with Gasteiger partial charge in [-0.3, -0.25) is 0 Å². The Morgan fingerprint density at radius 2 is 2.40 bits per heavy atom. The Morgan fingerprint density at radius 3 is 3.07 bits per heavy atom. The maximum Gasteiger partial charge on any atom is 0.0868 e. The van der Waals surface area contributed by atoms with Gasteiger partial charge in [-0.05, 0) is 30.2 Å². The molecule has 2 unspecified atom stereocenters. The molecule has 2 atom stereocenters. The summed E-state index contributed by atoms with van der Waals surface area (Å²) in [6.07, 6.45) is 0.325. The van der Waals surface area contributed by atoms with Crippen molar-refractivity contribution in [3.05, 3.63) is 28.8 Å². The number of hydrogen-bond donors (Lipinski definition) is 2. The first-order chi connectivity index (χ1) is 7.13. The lowest BCUT2D eigenvalue weighted by Crippen LogP contribution is -2.43. The van der Waals surface area contributed by atoms with E-state index in [9.17, 15) is 5.11 Å². The second-order valence-electron chi connectivity index (χ2n) is 3.96. The van der Waals surface area contributed by atoms with Crippen LogP contribution in [0.2, 0.25) is 5.02 Å². The van der Waals surface area contributed by atoms with E-state index in [2.05, 4.69) is 4.90 Å². The van der Waals surface area contributed by atoms with E-state index in [-0.39, 0.29) is 12.6 Å². The van der Waals surface area contributed by atoms with Gasteiger partial charge in [0.25, 0.3) is 0 Å². The molecule has 2 rings (SSSR count). The average Bonchev–Trinajstić information content (AvgIpc) is 2.54. The summed E-state index contributed by atoms with van der Waals surface area (Å²) < 4.78 is 0. The summed E-state index contributed by atoms with van der Waals surface area (Å²) in [6.45, 7) is 0.288. The highest BCUT2D eigenvalue weighted by molar-refractivity contribution is 6.30. The Bertz CT molecular complexity index is 370. The van der Waals surface area contributed by atoms with Gasteiger partial charge in [-0.25, -0.2) is 0 Å². The van der Waals surface area contributed by atoms with Crippen LogP contribution in [0.4, 0.5) is 5.69 Å². The fourth-order valence-electron chi connectivity index (χ4n) is 2.15. The number of halogens is 1. The number of nitrogens with two attached hydrogens (primary N) is 1. The Morgan fingerprint density at radius 1 is 1.67 bits per heavy atom. The molecule has 0 spiro atoms. The van der Waals surface area contributed by atoms with E-state index in [0.29, 0.717) is 0 Å². The largest absolute Gasteiger partial charge is 0.390 e. The van der Waals surface area contributed by atoms with Crippen LogP contribution in [-0.2, 0) is 6.42 Å². The molecule has 3 nitrogen and oxygen atoms in total. The lowest BCUT2D eigenvalue weighted by molar-refractivity contribution is 0.153. The highest BCUT2D eigenvalue weighted by Crippen LogP contribution is 2.33. The molecule has 1 aliphatic heterocycles. The predicted molar refractivity (Wildman–Crippen MR) is 62.4 cm³/mol. The quantitative estimate of drug-likeness (QED) is 0.792. The summed E-state index contributed by atoms with van der Waals surface area (Å²) >= 11 is 5.93. The molecule has 15 heavy (non-hydrogen) atoms. The zero-order valence-electron chi connectivity index (χ0n) is 8.65. The van der Waals surface area contributed by atoms with Crippen LogP contribution in [0.15, 0.2) is 18.2 Å². The van der Waals surface area contributed by atoms with E-state index < -0.39 is 6.10 Å². The van der Waals surface area contributed by atoms with Crippen molar-refractivity contribution in [1.82, 2.24) is 0 Å². The van der Waals surface area contributed by atoms with Crippen LogP contribution in [0.3, 0.4) is 0 Å². The standard InChI is InChI=1S/C11H15ClN2O/c1-14-9-3-2-8(12)4-7(9)5-10(14)11(15)6-13/h2-4,10-11,15H,5-6,13H2,1H3. The number of benzene rings is 1. The number of hydrogen-bond acceptors (Lipinski definition) is 3. The molecule has 1 aromatic rings. The van der Waals surface area contributed by atoms with Crippen molar-refractivity contribution >= 4 is 17.3 Å². The minimum Gasteiger partial charge on any atom is -0.390 e. The smallest absolute Gasteiger partial charge is 0.0868 e. The van der Waals surface area contributed by atoms with Gasteiger partial charge in [-0.2, -0.15) is 0 Å². The molecule has 0 saturated heterocycles. The van der Waals surface area contributed by atoms with Gasteiger partial charge in [-0.1, -0.05) is 11.6 Å². The molecule has 4 heteroatoms. The molecule has 1 aliphatic rings. The Kier molecular flexibility index (Phi) is 2.87. The van der Waals surface area contributed by atoms with Crippen molar-refractivity contribution in [1.29, 1.82) is 0 Å². The van der Waals surface area contributed by atoms with Crippen LogP contribution in [0.5, 0.6) is 0 Å². The van der Waals surface area contributed by atoms with E-state index >= 15 is 0 Å². The van der Waals surface area contributed by atoms with Crippen LogP contribution in [0.25, 0.3) is 0 Å². The van der Waals surface area contributed by atoms with Gasteiger partial charge >= 0.3 is 0 Å². The molecule has 0 saturated carbocycles. The maximum atomic E-state index is 9.77. The molecule has 0 aliphatic carbocycles. The van der Waals surface area contributed by atoms with Crippen LogP contribution in [-0.4, -0.2) is 30.8 Å². The first-order valence-corrected chi connectivity index (χ1v) is 5.40. The summed E-state index contributed by atoms with van der Waals surface area (Å²) in [6, 6.07) is 5.88. The number of rotatable bonds is 2. The molecule has 82 valence electrons. The van der Waals surface area contributed by atoms with Crippen molar-refractivity contribution in [3.8, 4) is 0 Å². The fraction of sp³-hybridized carbons (Fsp3) is 0.455. The highest BCUT2D eigenvalue weighted by atomic mass is 35.5. The highest BCUT2D eigenvalue weighted by Gasteiger charge is 2.31. The second-order valence-corrected chi connectivity index (χ2v) is 4.39. The van der Waals surface area contributed by atoms with E-state index in [0.717, 1.165) is 17.1 Å². The second kappa shape index (κ2) is 4.00. The van der Waals surface area contributed by atoms with Crippen molar-refractivity contribution in [2.75, 3.05) is 18.5 Å². The molecular weight excluding hydrogens is 212 g/mol. The molecule has 0 radical (unpaired) electrons. The van der Waals surface area contributed by atoms with Gasteiger partial charge < -0.3 is 15.7 Å². The lowest BCUT2D eigenvalue weighted by atomic mass is 10.1. The van der Waals surface area contributed by atoms with Crippen LogP contribution in [0, 0.1) is 0 Å². The molecule has 1 aromatic carbocycles. The molecular formula is C11H15ClN2O. The Labute approximate surface area is 94.4 Å². The minimum absolute atomic E-state index is 0.0727. The van der Waals surface area contributed by atoms with Gasteiger partial charge in [0.1, 0.15) is 0 Å².